The molecule has 116 valence electrons. The number of anilines is 1. The van der Waals surface area contributed by atoms with Gasteiger partial charge in [-0.25, -0.2) is 0 Å². The summed E-state index contributed by atoms with van der Waals surface area (Å²) in [5.74, 6) is 1.08. The van der Waals surface area contributed by atoms with Crippen molar-refractivity contribution in [1.29, 1.82) is 0 Å². The van der Waals surface area contributed by atoms with Crippen LogP contribution in [-0.2, 0) is 4.79 Å². The van der Waals surface area contributed by atoms with Crippen molar-refractivity contribution >= 4 is 11.6 Å². The van der Waals surface area contributed by atoms with Gasteiger partial charge in [0.2, 0.25) is 5.91 Å². The van der Waals surface area contributed by atoms with Crippen molar-refractivity contribution in [2.24, 2.45) is 5.92 Å². The number of rotatable bonds is 5. The van der Waals surface area contributed by atoms with Crippen LogP contribution >= 0.6 is 0 Å². The van der Waals surface area contributed by atoms with Crippen LogP contribution in [0, 0.1) is 5.92 Å². The van der Waals surface area contributed by atoms with Gasteiger partial charge in [-0.1, -0.05) is 6.92 Å². The SMILES string of the molecule is CCC(C)Oc1ccc(NC(=O)[C@H]2CCN[C@@H](C)C2)cc1. The summed E-state index contributed by atoms with van der Waals surface area (Å²) in [5.41, 5.74) is 0.836. The van der Waals surface area contributed by atoms with Crippen LogP contribution < -0.4 is 15.4 Å². The molecule has 1 fully saturated rings. The van der Waals surface area contributed by atoms with Crippen LogP contribution in [0.1, 0.15) is 40.0 Å². The molecule has 0 saturated carbocycles. The highest BCUT2D eigenvalue weighted by Crippen LogP contribution is 2.21. The molecular formula is C17H26N2O2. The van der Waals surface area contributed by atoms with Crippen LogP contribution in [0.3, 0.4) is 0 Å². The van der Waals surface area contributed by atoms with Crippen molar-refractivity contribution < 1.29 is 9.53 Å². The first kappa shape index (κ1) is 15.8. The van der Waals surface area contributed by atoms with Crippen molar-refractivity contribution in [2.45, 2.75) is 52.2 Å². The summed E-state index contributed by atoms with van der Waals surface area (Å²) < 4.78 is 5.73. The fourth-order valence-corrected chi connectivity index (χ4v) is 2.55. The second kappa shape index (κ2) is 7.46. The largest absolute Gasteiger partial charge is 0.491 e. The first-order valence-corrected chi connectivity index (χ1v) is 7.89. The quantitative estimate of drug-likeness (QED) is 0.875. The lowest BCUT2D eigenvalue weighted by Crippen LogP contribution is -2.40. The molecule has 0 radical (unpaired) electrons. The lowest BCUT2D eigenvalue weighted by Gasteiger charge is -2.27. The van der Waals surface area contributed by atoms with Gasteiger partial charge in [0.15, 0.2) is 0 Å². The molecule has 1 aliphatic heterocycles. The molecule has 1 saturated heterocycles. The van der Waals surface area contributed by atoms with Crippen molar-refractivity contribution in [3.05, 3.63) is 24.3 Å². The lowest BCUT2D eigenvalue weighted by molar-refractivity contribution is -0.120. The fraction of sp³-hybridized carbons (Fsp3) is 0.588. The number of nitrogens with one attached hydrogen (secondary N) is 2. The number of carbonyl (C=O) groups excluding carboxylic acids is 1. The van der Waals surface area contributed by atoms with E-state index in [-0.39, 0.29) is 17.9 Å². The number of benzene rings is 1. The monoisotopic (exact) mass is 290 g/mol. The van der Waals surface area contributed by atoms with Crippen LogP contribution in [-0.4, -0.2) is 24.6 Å². The Bertz CT molecular complexity index is 458. The van der Waals surface area contributed by atoms with Crippen molar-refractivity contribution in [2.75, 3.05) is 11.9 Å². The van der Waals surface area contributed by atoms with Crippen molar-refractivity contribution in [3.63, 3.8) is 0 Å². The molecule has 0 spiro atoms. The first-order chi connectivity index (χ1) is 10.1. The van der Waals surface area contributed by atoms with E-state index in [1.807, 2.05) is 31.2 Å². The zero-order chi connectivity index (χ0) is 15.2. The highest BCUT2D eigenvalue weighted by molar-refractivity contribution is 5.92. The molecule has 1 unspecified atom stereocenters. The Balaban J connectivity index is 1.89. The van der Waals surface area contributed by atoms with Gasteiger partial charge >= 0.3 is 0 Å². The van der Waals surface area contributed by atoms with Gasteiger partial charge in [0.1, 0.15) is 5.75 Å². The minimum Gasteiger partial charge on any atom is -0.491 e. The molecule has 3 atom stereocenters. The topological polar surface area (TPSA) is 50.4 Å². The molecule has 1 aliphatic rings. The maximum atomic E-state index is 12.3. The number of ether oxygens (including phenoxy) is 1. The maximum Gasteiger partial charge on any atom is 0.227 e. The molecule has 1 aromatic rings. The molecule has 0 bridgehead atoms. The van der Waals surface area contributed by atoms with Crippen LogP contribution in [0.4, 0.5) is 5.69 Å². The van der Waals surface area contributed by atoms with E-state index in [0.717, 1.165) is 37.2 Å². The average Bonchev–Trinajstić information content (AvgIpc) is 2.49. The standard InChI is InChI=1S/C17H26N2O2/c1-4-13(3)21-16-7-5-15(6-8-16)19-17(20)14-9-10-18-12(2)11-14/h5-8,12-14,18H,4,9-11H2,1-3H3,(H,19,20)/t12-,13?,14-/m0/s1. The van der Waals surface area contributed by atoms with E-state index in [0.29, 0.717) is 6.04 Å². The van der Waals surface area contributed by atoms with Gasteiger partial charge in [-0.15, -0.1) is 0 Å². The van der Waals surface area contributed by atoms with Gasteiger partial charge in [-0.2, -0.15) is 0 Å². The predicted molar refractivity (Wildman–Crippen MR) is 85.6 cm³/mol. The summed E-state index contributed by atoms with van der Waals surface area (Å²) >= 11 is 0. The summed E-state index contributed by atoms with van der Waals surface area (Å²) in [4.78, 5) is 12.3. The number of hydrogen-bond donors (Lipinski definition) is 2. The summed E-state index contributed by atoms with van der Waals surface area (Å²) in [6.07, 6.45) is 3.00. The zero-order valence-corrected chi connectivity index (χ0v) is 13.2. The van der Waals surface area contributed by atoms with Gasteiger partial charge < -0.3 is 15.4 Å². The highest BCUT2D eigenvalue weighted by Gasteiger charge is 2.24. The average molecular weight is 290 g/mol. The summed E-state index contributed by atoms with van der Waals surface area (Å²) in [5, 5.41) is 6.37. The van der Waals surface area contributed by atoms with Gasteiger partial charge in [0, 0.05) is 17.6 Å². The van der Waals surface area contributed by atoms with Gasteiger partial charge in [0.25, 0.3) is 0 Å². The van der Waals surface area contributed by atoms with E-state index in [9.17, 15) is 4.79 Å². The van der Waals surface area contributed by atoms with Crippen LogP contribution in [0.15, 0.2) is 24.3 Å². The second-order valence-electron chi connectivity index (χ2n) is 5.93. The Morgan fingerprint density at radius 2 is 2.14 bits per heavy atom. The molecule has 4 heteroatoms. The molecule has 4 nitrogen and oxygen atoms in total. The lowest BCUT2D eigenvalue weighted by atomic mass is 9.92. The molecule has 1 amide bonds. The summed E-state index contributed by atoms with van der Waals surface area (Å²) in [6, 6.07) is 8.04. The number of amides is 1. The van der Waals surface area contributed by atoms with Gasteiger partial charge in [0.05, 0.1) is 6.10 Å². The van der Waals surface area contributed by atoms with E-state index in [1.165, 1.54) is 0 Å². The zero-order valence-electron chi connectivity index (χ0n) is 13.2. The third-order valence-corrected chi connectivity index (χ3v) is 4.03. The van der Waals surface area contributed by atoms with E-state index >= 15 is 0 Å². The maximum absolute atomic E-state index is 12.3. The smallest absolute Gasteiger partial charge is 0.227 e. The molecule has 21 heavy (non-hydrogen) atoms. The summed E-state index contributed by atoms with van der Waals surface area (Å²) in [6.45, 7) is 7.19. The van der Waals surface area contributed by atoms with E-state index in [2.05, 4.69) is 24.5 Å². The number of piperidine rings is 1. The third-order valence-electron chi connectivity index (χ3n) is 4.03. The molecule has 0 aromatic heterocycles. The van der Waals surface area contributed by atoms with Gasteiger partial charge in [-0.05, 0) is 63.9 Å². The molecule has 0 aliphatic carbocycles. The predicted octanol–water partition coefficient (Wildman–Crippen LogP) is 3.19. The molecular weight excluding hydrogens is 264 g/mol. The van der Waals surface area contributed by atoms with Crippen LogP contribution in [0.25, 0.3) is 0 Å². The van der Waals surface area contributed by atoms with E-state index < -0.39 is 0 Å². The van der Waals surface area contributed by atoms with Crippen molar-refractivity contribution in [3.8, 4) is 5.75 Å². The Morgan fingerprint density at radius 3 is 2.76 bits per heavy atom. The molecule has 2 N–H and O–H groups in total. The van der Waals surface area contributed by atoms with Crippen molar-refractivity contribution in [1.82, 2.24) is 5.32 Å². The minimum atomic E-state index is 0.109. The normalized spacial score (nSPS) is 23.4. The Hall–Kier alpha value is -1.55. The molecule has 1 heterocycles. The van der Waals surface area contributed by atoms with E-state index in [4.69, 9.17) is 4.74 Å². The Kier molecular flexibility index (Phi) is 5.62. The summed E-state index contributed by atoms with van der Waals surface area (Å²) in [7, 11) is 0. The first-order valence-electron chi connectivity index (χ1n) is 7.89. The van der Waals surface area contributed by atoms with E-state index in [1.54, 1.807) is 0 Å². The minimum absolute atomic E-state index is 0.109. The van der Waals surface area contributed by atoms with Gasteiger partial charge in [-0.3, -0.25) is 4.79 Å². The Morgan fingerprint density at radius 1 is 1.43 bits per heavy atom. The molecule has 2 rings (SSSR count). The molecule has 1 aromatic carbocycles. The Labute approximate surface area is 127 Å². The fourth-order valence-electron chi connectivity index (χ4n) is 2.55. The second-order valence-corrected chi connectivity index (χ2v) is 5.93. The number of carbonyl (C=O) groups is 1. The van der Waals surface area contributed by atoms with Crippen LogP contribution in [0.2, 0.25) is 0 Å². The highest BCUT2D eigenvalue weighted by atomic mass is 16.5. The third kappa shape index (κ3) is 4.74. The number of hydrogen-bond acceptors (Lipinski definition) is 3. The van der Waals surface area contributed by atoms with Crippen LogP contribution in [0.5, 0.6) is 5.75 Å².